The number of nitrogens with zero attached hydrogens (tertiary/aromatic N) is 3. The number of thiazole rings is 1. The molecule has 5 nitrogen and oxygen atoms in total. The lowest BCUT2D eigenvalue weighted by atomic mass is 10.2. The minimum absolute atomic E-state index is 0. The first-order chi connectivity index (χ1) is 13.9. The molecule has 30 heavy (non-hydrogen) atoms. The molecule has 1 aromatic heterocycles. The van der Waals surface area contributed by atoms with Crippen LogP contribution in [0, 0.1) is 6.92 Å². The molecule has 0 bridgehead atoms. The standard InChI is InChI=1S/C21H24ClN3O2S2.ClH/c1-14-5-10-17(27-4)19-20(14)29-21(23-19)25(12-11-24(2)3)18(26)13-28-16-8-6-15(22)7-9-16;/h5-10H,11-13H2,1-4H3;1H. The SMILES string of the molecule is COc1ccc(C)c2sc(N(CCN(C)C)C(=O)CSc3ccc(Cl)cc3)nc12.Cl. The van der Waals surface area contributed by atoms with E-state index in [9.17, 15) is 4.79 Å². The highest BCUT2D eigenvalue weighted by molar-refractivity contribution is 8.00. The fraction of sp³-hybridized carbons (Fsp3) is 0.333. The number of aryl methyl sites for hydroxylation is 1. The fourth-order valence-corrected chi connectivity index (χ4v) is 4.75. The van der Waals surface area contributed by atoms with Gasteiger partial charge in [-0.1, -0.05) is 29.0 Å². The molecule has 0 fully saturated rings. The molecule has 1 heterocycles. The van der Waals surface area contributed by atoms with Crippen molar-refractivity contribution in [3.05, 3.63) is 47.0 Å². The molecule has 0 N–H and O–H groups in total. The number of hydrogen-bond donors (Lipinski definition) is 0. The Morgan fingerprint density at radius 3 is 2.50 bits per heavy atom. The van der Waals surface area contributed by atoms with E-state index in [1.54, 1.807) is 12.0 Å². The van der Waals surface area contributed by atoms with Crippen LogP contribution >= 0.6 is 47.1 Å². The van der Waals surface area contributed by atoms with E-state index in [1.165, 1.54) is 23.1 Å². The molecule has 0 aliphatic carbocycles. The van der Waals surface area contributed by atoms with Gasteiger partial charge in [0.15, 0.2) is 5.13 Å². The lowest BCUT2D eigenvalue weighted by Crippen LogP contribution is -2.37. The number of likely N-dealkylation sites (N-methyl/N-ethyl adjacent to an activating group) is 1. The van der Waals surface area contributed by atoms with Crippen LogP contribution < -0.4 is 9.64 Å². The number of ether oxygens (including phenoxy) is 1. The maximum absolute atomic E-state index is 13.1. The second kappa shape index (κ2) is 11.2. The Kier molecular flexibility index (Phi) is 9.25. The number of fused-ring (bicyclic) bond motifs is 1. The van der Waals surface area contributed by atoms with E-state index < -0.39 is 0 Å². The van der Waals surface area contributed by atoms with Gasteiger partial charge in [-0.2, -0.15) is 0 Å². The highest BCUT2D eigenvalue weighted by Crippen LogP contribution is 2.36. The second-order valence-electron chi connectivity index (χ2n) is 6.85. The molecule has 3 aromatic rings. The summed E-state index contributed by atoms with van der Waals surface area (Å²) in [5.41, 5.74) is 1.93. The van der Waals surface area contributed by atoms with Gasteiger partial charge in [-0.05, 0) is 56.9 Å². The Labute approximate surface area is 196 Å². The predicted molar refractivity (Wildman–Crippen MR) is 131 cm³/mol. The van der Waals surface area contributed by atoms with Gasteiger partial charge in [-0.15, -0.1) is 24.2 Å². The van der Waals surface area contributed by atoms with Crippen molar-refractivity contribution in [2.75, 3.05) is 44.9 Å². The lowest BCUT2D eigenvalue weighted by Gasteiger charge is -2.21. The van der Waals surface area contributed by atoms with Crippen LogP contribution in [0.15, 0.2) is 41.3 Å². The quantitative estimate of drug-likeness (QED) is 0.401. The number of carbonyl (C=O) groups is 1. The number of benzene rings is 2. The lowest BCUT2D eigenvalue weighted by molar-refractivity contribution is -0.116. The van der Waals surface area contributed by atoms with E-state index in [1.807, 2.05) is 57.4 Å². The number of aromatic nitrogens is 1. The Morgan fingerprint density at radius 1 is 1.17 bits per heavy atom. The van der Waals surface area contributed by atoms with Crippen molar-refractivity contribution in [3.8, 4) is 5.75 Å². The van der Waals surface area contributed by atoms with Crippen LogP contribution in [0.4, 0.5) is 5.13 Å². The number of thioether (sulfide) groups is 1. The van der Waals surface area contributed by atoms with Gasteiger partial charge in [0, 0.05) is 23.0 Å². The Bertz CT molecular complexity index is 994. The maximum atomic E-state index is 13.1. The number of halogens is 2. The van der Waals surface area contributed by atoms with Crippen molar-refractivity contribution in [3.63, 3.8) is 0 Å². The monoisotopic (exact) mass is 485 g/mol. The zero-order valence-corrected chi connectivity index (χ0v) is 20.6. The fourth-order valence-electron chi connectivity index (χ4n) is 2.76. The van der Waals surface area contributed by atoms with Crippen molar-refractivity contribution in [1.82, 2.24) is 9.88 Å². The summed E-state index contributed by atoms with van der Waals surface area (Å²) >= 11 is 8.98. The highest BCUT2D eigenvalue weighted by Gasteiger charge is 2.22. The minimum atomic E-state index is 0. The number of carbonyl (C=O) groups excluding carboxylic acids is 1. The Hall–Kier alpha value is -1.51. The van der Waals surface area contributed by atoms with Crippen LogP contribution in [0.5, 0.6) is 5.75 Å². The summed E-state index contributed by atoms with van der Waals surface area (Å²) in [4.78, 5) is 22.7. The largest absolute Gasteiger partial charge is 0.494 e. The molecule has 0 unspecified atom stereocenters. The van der Waals surface area contributed by atoms with Crippen molar-refractivity contribution < 1.29 is 9.53 Å². The van der Waals surface area contributed by atoms with Crippen LogP contribution in [0.2, 0.25) is 5.02 Å². The topological polar surface area (TPSA) is 45.7 Å². The zero-order valence-electron chi connectivity index (χ0n) is 17.3. The number of rotatable bonds is 8. The van der Waals surface area contributed by atoms with Crippen LogP contribution in [-0.4, -0.2) is 55.8 Å². The first-order valence-corrected chi connectivity index (χ1v) is 11.3. The third-order valence-corrected chi connectivity index (χ3v) is 6.85. The smallest absolute Gasteiger partial charge is 0.239 e. The summed E-state index contributed by atoms with van der Waals surface area (Å²) in [6, 6.07) is 11.5. The predicted octanol–water partition coefficient (Wildman–Crippen LogP) is 5.38. The third kappa shape index (κ3) is 6.02. The molecule has 162 valence electrons. The van der Waals surface area contributed by atoms with E-state index >= 15 is 0 Å². The second-order valence-corrected chi connectivity index (χ2v) is 9.31. The molecular weight excluding hydrogens is 461 g/mol. The van der Waals surface area contributed by atoms with E-state index in [-0.39, 0.29) is 18.3 Å². The number of anilines is 1. The van der Waals surface area contributed by atoms with Crippen LogP contribution in [0.1, 0.15) is 5.56 Å². The average molecular weight is 486 g/mol. The first-order valence-electron chi connectivity index (χ1n) is 9.16. The number of methoxy groups -OCH3 is 1. The molecule has 1 amide bonds. The third-order valence-electron chi connectivity index (χ3n) is 4.39. The van der Waals surface area contributed by atoms with Crippen LogP contribution in [0.25, 0.3) is 10.2 Å². The van der Waals surface area contributed by atoms with Crippen molar-refractivity contribution >= 4 is 68.4 Å². The molecule has 9 heteroatoms. The van der Waals surface area contributed by atoms with E-state index in [4.69, 9.17) is 21.3 Å². The molecule has 0 aliphatic heterocycles. The summed E-state index contributed by atoms with van der Waals surface area (Å²) in [6.07, 6.45) is 0. The van der Waals surface area contributed by atoms with Gasteiger partial charge in [0.25, 0.3) is 0 Å². The van der Waals surface area contributed by atoms with Gasteiger partial charge in [0.2, 0.25) is 5.91 Å². The summed E-state index contributed by atoms with van der Waals surface area (Å²) in [7, 11) is 5.63. The van der Waals surface area contributed by atoms with E-state index in [2.05, 4.69) is 4.90 Å². The van der Waals surface area contributed by atoms with Gasteiger partial charge in [-0.3, -0.25) is 9.69 Å². The van der Waals surface area contributed by atoms with Gasteiger partial charge < -0.3 is 9.64 Å². The first kappa shape index (κ1) is 24.8. The van der Waals surface area contributed by atoms with Gasteiger partial charge in [0.05, 0.1) is 17.6 Å². The number of hydrogen-bond acceptors (Lipinski definition) is 6. The summed E-state index contributed by atoms with van der Waals surface area (Å²) in [6.45, 7) is 3.38. The van der Waals surface area contributed by atoms with Crippen LogP contribution in [0.3, 0.4) is 0 Å². The molecule has 0 atom stereocenters. The number of amides is 1. The Balaban J connectivity index is 0.00000320. The van der Waals surface area contributed by atoms with E-state index in [0.29, 0.717) is 22.5 Å². The average Bonchev–Trinajstić information content (AvgIpc) is 3.14. The molecule has 0 radical (unpaired) electrons. The van der Waals surface area contributed by atoms with Gasteiger partial charge in [-0.25, -0.2) is 4.98 Å². The highest BCUT2D eigenvalue weighted by atomic mass is 35.5. The van der Waals surface area contributed by atoms with E-state index in [0.717, 1.165) is 33.0 Å². The molecule has 0 saturated carbocycles. The maximum Gasteiger partial charge on any atom is 0.239 e. The van der Waals surface area contributed by atoms with Crippen molar-refractivity contribution in [2.24, 2.45) is 0 Å². The molecule has 2 aromatic carbocycles. The zero-order chi connectivity index (χ0) is 21.0. The summed E-state index contributed by atoms with van der Waals surface area (Å²) in [5.74, 6) is 1.09. The van der Waals surface area contributed by atoms with Crippen molar-refractivity contribution in [1.29, 1.82) is 0 Å². The summed E-state index contributed by atoms with van der Waals surface area (Å²) < 4.78 is 6.52. The van der Waals surface area contributed by atoms with Crippen LogP contribution in [-0.2, 0) is 4.79 Å². The molecular formula is C21H25Cl2N3O2S2. The molecule has 3 rings (SSSR count). The van der Waals surface area contributed by atoms with Crippen molar-refractivity contribution in [2.45, 2.75) is 11.8 Å². The molecule has 0 spiro atoms. The molecule has 0 saturated heterocycles. The minimum Gasteiger partial charge on any atom is -0.494 e. The summed E-state index contributed by atoms with van der Waals surface area (Å²) in [5, 5.41) is 1.39. The Morgan fingerprint density at radius 2 is 1.87 bits per heavy atom. The van der Waals surface area contributed by atoms with Gasteiger partial charge in [0.1, 0.15) is 11.3 Å². The van der Waals surface area contributed by atoms with Gasteiger partial charge >= 0.3 is 0 Å². The molecule has 0 aliphatic rings. The normalized spacial score (nSPS) is 10.9.